The minimum Gasteiger partial charge on any atom is -0.341 e. The van der Waals surface area contributed by atoms with Gasteiger partial charge in [-0.05, 0) is 62.9 Å². The maximum atomic E-state index is 13.8. The molecule has 15 heteroatoms. The summed E-state index contributed by atoms with van der Waals surface area (Å²) in [6.45, 7) is 2.91. The summed E-state index contributed by atoms with van der Waals surface area (Å²) in [5, 5.41) is 2.68. The van der Waals surface area contributed by atoms with Gasteiger partial charge in [-0.2, -0.15) is 13.2 Å². The molecule has 0 saturated carbocycles. The van der Waals surface area contributed by atoms with Gasteiger partial charge in [-0.25, -0.2) is 26.4 Å². The molecule has 0 spiro atoms. The molecule has 3 amide bonds. The van der Waals surface area contributed by atoms with Crippen LogP contribution in [-0.2, 0) is 30.8 Å². The van der Waals surface area contributed by atoms with E-state index in [4.69, 9.17) is 0 Å². The number of hydrogen-bond acceptors (Lipinski definition) is 6. The monoisotopic (exact) mass is 616 g/mol. The number of rotatable bonds is 7. The highest BCUT2D eigenvalue weighted by molar-refractivity contribution is 7.91. The van der Waals surface area contributed by atoms with Crippen LogP contribution < -0.4 is 10.0 Å². The van der Waals surface area contributed by atoms with Gasteiger partial charge in [0.2, 0.25) is 25.8 Å². The molecule has 2 fully saturated rings. The van der Waals surface area contributed by atoms with Crippen LogP contribution in [0.3, 0.4) is 0 Å². The van der Waals surface area contributed by atoms with Gasteiger partial charge in [0, 0.05) is 32.2 Å². The van der Waals surface area contributed by atoms with Crippen LogP contribution >= 0.6 is 0 Å². The fourth-order valence-electron chi connectivity index (χ4n) is 5.09. The van der Waals surface area contributed by atoms with Crippen molar-refractivity contribution in [1.82, 2.24) is 19.8 Å². The van der Waals surface area contributed by atoms with Crippen LogP contribution in [0.5, 0.6) is 0 Å². The Bertz CT molecular complexity index is 1490. The van der Waals surface area contributed by atoms with E-state index in [1.165, 1.54) is 34.1 Å². The fraction of sp³-hybridized carbons (Fsp3) is 0.462. The van der Waals surface area contributed by atoms with Crippen molar-refractivity contribution >= 4 is 31.8 Å². The normalized spacial score (nSPS) is 18.9. The van der Waals surface area contributed by atoms with E-state index >= 15 is 0 Å². The van der Waals surface area contributed by atoms with E-state index in [1.807, 2.05) is 0 Å². The van der Waals surface area contributed by atoms with Crippen LogP contribution in [0.2, 0.25) is 0 Å². The van der Waals surface area contributed by atoms with Crippen LogP contribution in [0.4, 0.5) is 18.0 Å². The molecule has 2 N–H and O–H groups in total. The second kappa shape index (κ2) is 12.0. The molecule has 0 bridgehead atoms. The number of hydrogen-bond donors (Lipinski definition) is 2. The maximum Gasteiger partial charge on any atom is 0.417 e. The molecule has 4 rings (SSSR count). The molecule has 10 nitrogen and oxygen atoms in total. The Morgan fingerprint density at radius 2 is 1.59 bits per heavy atom. The van der Waals surface area contributed by atoms with Gasteiger partial charge in [-0.3, -0.25) is 4.79 Å². The number of sulfonamides is 1. The molecule has 0 unspecified atom stereocenters. The lowest BCUT2D eigenvalue weighted by Gasteiger charge is -2.35. The first-order chi connectivity index (χ1) is 19.3. The van der Waals surface area contributed by atoms with Gasteiger partial charge in [-0.15, -0.1) is 0 Å². The molecule has 0 aliphatic carbocycles. The highest BCUT2D eigenvalue weighted by Crippen LogP contribution is 2.36. The number of carbonyl (C=O) groups excluding carboxylic acids is 2. The van der Waals surface area contributed by atoms with Crippen LogP contribution in [0.25, 0.3) is 0 Å². The molecular formula is C26H31F3N4O6S2. The van der Waals surface area contributed by atoms with E-state index in [9.17, 15) is 39.6 Å². The molecule has 2 saturated heterocycles. The average Bonchev–Trinajstić information content (AvgIpc) is 3.43. The minimum absolute atomic E-state index is 0.127. The molecule has 1 atom stereocenters. The summed E-state index contributed by atoms with van der Waals surface area (Å²) in [5.41, 5.74) is -1.49. The number of carbonyl (C=O) groups is 2. The van der Waals surface area contributed by atoms with Gasteiger partial charge in [0.1, 0.15) is 6.04 Å². The van der Waals surface area contributed by atoms with Crippen molar-refractivity contribution in [3.8, 4) is 0 Å². The molecule has 224 valence electrons. The number of halogens is 3. The SMILES string of the molecule is CCNC(=O)N1CCC[C@H]1C(=O)N1CCC(NS(=O)(=O)c2cc(S(=O)(=O)c3ccccc3)ccc2C(F)(F)F)CC1. The Kier molecular flexibility index (Phi) is 8.99. The zero-order chi connectivity index (χ0) is 30.0. The number of sulfone groups is 1. The van der Waals surface area contributed by atoms with Crippen molar-refractivity contribution in [2.75, 3.05) is 26.2 Å². The number of amides is 3. The maximum absolute atomic E-state index is 13.8. The molecular weight excluding hydrogens is 585 g/mol. The lowest BCUT2D eigenvalue weighted by molar-refractivity contribution is -0.140. The summed E-state index contributed by atoms with van der Waals surface area (Å²) in [6.07, 6.45) is -3.63. The van der Waals surface area contributed by atoms with Crippen molar-refractivity contribution in [1.29, 1.82) is 0 Å². The number of urea groups is 1. The Morgan fingerprint density at radius 3 is 2.20 bits per heavy atom. The minimum atomic E-state index is -5.06. The van der Waals surface area contributed by atoms with Gasteiger partial charge in [0.25, 0.3) is 0 Å². The van der Waals surface area contributed by atoms with Crippen LogP contribution in [0, 0.1) is 0 Å². The first-order valence-corrected chi connectivity index (χ1v) is 16.1. The third-order valence-corrected chi connectivity index (χ3v) is 10.5. The highest BCUT2D eigenvalue weighted by atomic mass is 32.2. The standard InChI is InChI=1S/C26H31F3N4O6S2/c1-2-30-25(35)33-14-6-9-22(33)24(34)32-15-12-18(13-16-32)31-41(38,39)23-17-20(10-11-21(23)26(27,28)29)40(36,37)19-7-4-3-5-8-19/h3-5,7-8,10-11,17-18,22,31H,2,6,9,12-16H2,1H3,(H,30,35)/t22-/m0/s1. The lowest BCUT2D eigenvalue weighted by atomic mass is 10.0. The quantitative estimate of drug-likeness (QED) is 0.492. The molecule has 2 aliphatic heterocycles. The van der Waals surface area contributed by atoms with Gasteiger partial charge in [0.05, 0.1) is 20.2 Å². The summed E-state index contributed by atoms with van der Waals surface area (Å²) < 4.78 is 96.2. The topological polar surface area (TPSA) is 133 Å². The largest absolute Gasteiger partial charge is 0.417 e. The number of benzene rings is 2. The van der Waals surface area contributed by atoms with Crippen molar-refractivity contribution in [3.63, 3.8) is 0 Å². The predicted molar refractivity (Wildman–Crippen MR) is 142 cm³/mol. The molecule has 41 heavy (non-hydrogen) atoms. The van der Waals surface area contributed by atoms with Crippen molar-refractivity contribution in [2.45, 2.75) is 65.6 Å². The van der Waals surface area contributed by atoms with E-state index in [0.717, 1.165) is 6.07 Å². The number of nitrogens with one attached hydrogen (secondary N) is 2. The van der Waals surface area contributed by atoms with Crippen molar-refractivity contribution in [3.05, 3.63) is 54.1 Å². The van der Waals surface area contributed by atoms with Gasteiger partial charge in [-0.1, -0.05) is 18.2 Å². The number of nitrogens with zero attached hydrogens (tertiary/aromatic N) is 2. The summed E-state index contributed by atoms with van der Waals surface area (Å²) in [4.78, 5) is 26.5. The molecule has 2 aromatic rings. The molecule has 2 aliphatic rings. The van der Waals surface area contributed by atoms with Gasteiger partial charge >= 0.3 is 12.2 Å². The summed E-state index contributed by atoms with van der Waals surface area (Å²) in [5.74, 6) is -0.256. The van der Waals surface area contributed by atoms with Crippen LogP contribution in [0.1, 0.15) is 38.2 Å². The highest BCUT2D eigenvalue weighted by Gasteiger charge is 2.40. The van der Waals surface area contributed by atoms with Gasteiger partial charge < -0.3 is 15.1 Å². The third-order valence-electron chi connectivity index (χ3n) is 7.17. The number of alkyl halides is 3. The Balaban J connectivity index is 1.51. The fourth-order valence-corrected chi connectivity index (χ4v) is 8.03. The van der Waals surface area contributed by atoms with Crippen molar-refractivity contribution in [2.24, 2.45) is 0 Å². The lowest BCUT2D eigenvalue weighted by Crippen LogP contribution is -2.54. The van der Waals surface area contributed by atoms with Crippen LogP contribution in [-0.4, -0.2) is 76.8 Å². The van der Waals surface area contributed by atoms with E-state index in [-0.39, 0.29) is 42.8 Å². The first kappa shape index (κ1) is 30.8. The number of piperidine rings is 1. The molecule has 2 heterocycles. The van der Waals surface area contributed by atoms with E-state index in [1.54, 1.807) is 13.0 Å². The Morgan fingerprint density at radius 1 is 0.927 bits per heavy atom. The van der Waals surface area contributed by atoms with E-state index < -0.39 is 53.5 Å². The predicted octanol–water partition coefficient (Wildman–Crippen LogP) is 3.00. The molecule has 0 radical (unpaired) electrons. The zero-order valence-corrected chi connectivity index (χ0v) is 23.9. The Hall–Kier alpha value is -3.17. The van der Waals surface area contributed by atoms with E-state index in [2.05, 4.69) is 10.0 Å². The van der Waals surface area contributed by atoms with E-state index in [0.29, 0.717) is 38.1 Å². The summed E-state index contributed by atoms with van der Waals surface area (Å²) >= 11 is 0. The third kappa shape index (κ3) is 6.67. The van der Waals surface area contributed by atoms with Crippen molar-refractivity contribution < 1.29 is 39.6 Å². The average molecular weight is 617 g/mol. The summed E-state index contributed by atoms with van der Waals surface area (Å²) in [7, 11) is -9.11. The second-order valence-electron chi connectivity index (χ2n) is 9.88. The summed E-state index contributed by atoms with van der Waals surface area (Å²) in [6, 6.07) is 6.94. The second-order valence-corrected chi connectivity index (χ2v) is 13.5. The van der Waals surface area contributed by atoms with Crippen LogP contribution in [0.15, 0.2) is 63.2 Å². The van der Waals surface area contributed by atoms with Gasteiger partial charge in [0.15, 0.2) is 0 Å². The zero-order valence-electron chi connectivity index (χ0n) is 22.2. The first-order valence-electron chi connectivity index (χ1n) is 13.1. The molecule has 2 aromatic carbocycles. The smallest absolute Gasteiger partial charge is 0.341 e. The Labute approximate surface area is 236 Å². The number of likely N-dealkylation sites (tertiary alicyclic amines) is 2. The molecule has 0 aromatic heterocycles.